The molecule has 0 radical (unpaired) electrons. The van der Waals surface area contributed by atoms with Crippen molar-refractivity contribution < 1.29 is 19.1 Å². The third-order valence-electron chi connectivity index (χ3n) is 8.60. The molecule has 10 heteroatoms. The molecule has 8 nitrogen and oxygen atoms in total. The van der Waals surface area contributed by atoms with Gasteiger partial charge in [-0.3, -0.25) is 19.4 Å². The Morgan fingerprint density at radius 2 is 1.72 bits per heavy atom. The summed E-state index contributed by atoms with van der Waals surface area (Å²) in [6.07, 6.45) is 7.64. The van der Waals surface area contributed by atoms with Gasteiger partial charge in [0.2, 0.25) is 11.8 Å². The van der Waals surface area contributed by atoms with E-state index in [2.05, 4.69) is 39.8 Å². The summed E-state index contributed by atoms with van der Waals surface area (Å²) in [7, 11) is 0. The van der Waals surface area contributed by atoms with Crippen LogP contribution in [0.15, 0.2) is 30.3 Å². The minimum atomic E-state index is -0.729. The van der Waals surface area contributed by atoms with E-state index in [1.54, 1.807) is 23.5 Å². The van der Waals surface area contributed by atoms with Gasteiger partial charge in [0.15, 0.2) is 0 Å². The Balaban J connectivity index is 1.38. The first-order valence-electron chi connectivity index (χ1n) is 16.0. The van der Waals surface area contributed by atoms with Gasteiger partial charge in [-0.1, -0.05) is 49.6 Å². The molecule has 1 aromatic rings. The van der Waals surface area contributed by atoms with Crippen LogP contribution in [0.3, 0.4) is 0 Å². The summed E-state index contributed by atoms with van der Waals surface area (Å²) in [5.74, 6) is 2.16. The number of carbonyl (C=O) groups is 3. The fourth-order valence-electron chi connectivity index (χ4n) is 6.22. The highest BCUT2D eigenvalue weighted by atomic mass is 32.2. The average Bonchev–Trinajstić information content (AvgIpc) is 3.29. The molecule has 2 saturated heterocycles. The zero-order chi connectivity index (χ0) is 31.0. The Kier molecular flexibility index (Phi) is 12.2. The maximum Gasteiger partial charge on any atom is 0.411 e. The van der Waals surface area contributed by atoms with Crippen LogP contribution in [0.1, 0.15) is 85.1 Å². The van der Waals surface area contributed by atoms with Gasteiger partial charge in [0.25, 0.3) is 0 Å². The largest absolute Gasteiger partial charge is 0.444 e. The van der Waals surface area contributed by atoms with E-state index >= 15 is 0 Å². The van der Waals surface area contributed by atoms with Crippen LogP contribution in [-0.4, -0.2) is 86.7 Å². The van der Waals surface area contributed by atoms with Crippen molar-refractivity contribution in [1.29, 1.82) is 0 Å². The molecule has 2 atom stereocenters. The van der Waals surface area contributed by atoms with E-state index in [1.807, 2.05) is 40.7 Å². The molecule has 43 heavy (non-hydrogen) atoms. The first kappa shape index (κ1) is 34.0. The Bertz CT molecular complexity index is 1070. The summed E-state index contributed by atoms with van der Waals surface area (Å²) >= 11 is 3.32. The molecule has 0 bridgehead atoms. The van der Waals surface area contributed by atoms with Crippen LogP contribution in [0.25, 0.3) is 0 Å². The van der Waals surface area contributed by atoms with Crippen molar-refractivity contribution in [2.24, 2.45) is 5.92 Å². The number of amides is 3. The maximum atomic E-state index is 13.9. The lowest BCUT2D eigenvalue weighted by atomic mass is 9.91. The SMILES string of the molecule is CC(C)(C)OC(=O)N1CSC(C)(C)C1C(=O)NC(CSCC1CCCCC1)C(=O)NC1CCN(Cc2ccccc2)CC1. The van der Waals surface area contributed by atoms with E-state index < -0.39 is 28.5 Å². The molecule has 240 valence electrons. The maximum absolute atomic E-state index is 13.9. The molecule has 0 aromatic heterocycles. The number of rotatable bonds is 10. The molecule has 4 rings (SSSR count). The molecule has 3 amide bonds. The molecular weight excluding hydrogens is 581 g/mol. The van der Waals surface area contributed by atoms with E-state index in [1.165, 1.54) is 42.6 Å². The molecule has 2 unspecified atom stereocenters. The lowest BCUT2D eigenvalue weighted by Gasteiger charge is -2.34. The van der Waals surface area contributed by atoms with Crippen molar-refractivity contribution in [2.45, 2.75) is 115 Å². The van der Waals surface area contributed by atoms with E-state index in [9.17, 15) is 14.4 Å². The van der Waals surface area contributed by atoms with Crippen LogP contribution >= 0.6 is 23.5 Å². The van der Waals surface area contributed by atoms with Crippen molar-refractivity contribution in [3.63, 3.8) is 0 Å². The van der Waals surface area contributed by atoms with Gasteiger partial charge in [0, 0.05) is 36.2 Å². The van der Waals surface area contributed by atoms with Gasteiger partial charge in [-0.15, -0.1) is 11.8 Å². The van der Waals surface area contributed by atoms with E-state index in [0.29, 0.717) is 17.5 Å². The van der Waals surface area contributed by atoms with Crippen molar-refractivity contribution >= 4 is 41.4 Å². The second-order valence-corrected chi connectivity index (χ2v) is 16.6. The number of piperidine rings is 1. The van der Waals surface area contributed by atoms with Crippen molar-refractivity contribution in [2.75, 3.05) is 30.5 Å². The zero-order valence-electron chi connectivity index (χ0n) is 26.7. The normalized spacial score (nSPS) is 22.6. The molecule has 3 fully saturated rings. The standard InChI is InChI=1S/C33H52N4O4S2/c1-32(2,3)41-31(40)37-23-43-33(4,5)28(37)30(39)35-27(22-42-21-25-14-10-7-11-15-25)29(38)34-26-16-18-36(19-17-26)20-24-12-8-6-9-13-24/h6,8-9,12-13,25-28H,7,10-11,14-23H2,1-5H3,(H,34,38)(H,35,39). The van der Waals surface area contributed by atoms with Crippen molar-refractivity contribution in [3.8, 4) is 0 Å². The molecule has 1 aliphatic carbocycles. The average molecular weight is 633 g/mol. The minimum absolute atomic E-state index is 0.0824. The first-order valence-corrected chi connectivity index (χ1v) is 18.1. The second kappa shape index (κ2) is 15.4. The molecule has 2 N–H and O–H groups in total. The van der Waals surface area contributed by atoms with E-state index in [4.69, 9.17) is 4.74 Å². The van der Waals surface area contributed by atoms with Gasteiger partial charge in [-0.05, 0) is 77.5 Å². The molecular formula is C33H52N4O4S2. The highest BCUT2D eigenvalue weighted by Crippen LogP contribution is 2.40. The number of hydrogen-bond acceptors (Lipinski definition) is 7. The first-order chi connectivity index (χ1) is 20.4. The van der Waals surface area contributed by atoms with Crippen LogP contribution in [0.2, 0.25) is 0 Å². The van der Waals surface area contributed by atoms with Gasteiger partial charge in [0.05, 0.1) is 5.88 Å². The van der Waals surface area contributed by atoms with Gasteiger partial charge in [0.1, 0.15) is 17.7 Å². The number of carbonyl (C=O) groups excluding carboxylic acids is 3. The molecule has 0 spiro atoms. The quantitative estimate of drug-likeness (QED) is 0.344. The number of nitrogens with zero attached hydrogens (tertiary/aromatic N) is 2. The van der Waals surface area contributed by atoms with E-state index in [0.717, 1.165) is 38.2 Å². The predicted molar refractivity (Wildman–Crippen MR) is 177 cm³/mol. The zero-order valence-corrected chi connectivity index (χ0v) is 28.4. The molecule has 1 saturated carbocycles. The number of hydrogen-bond donors (Lipinski definition) is 2. The van der Waals surface area contributed by atoms with Crippen LogP contribution in [0.5, 0.6) is 0 Å². The number of likely N-dealkylation sites (tertiary alicyclic amines) is 1. The summed E-state index contributed by atoms with van der Waals surface area (Å²) < 4.78 is 5.12. The van der Waals surface area contributed by atoms with Crippen molar-refractivity contribution in [1.82, 2.24) is 20.4 Å². The second-order valence-electron chi connectivity index (χ2n) is 13.9. The van der Waals surface area contributed by atoms with Gasteiger partial charge < -0.3 is 15.4 Å². The number of benzene rings is 1. The minimum Gasteiger partial charge on any atom is -0.444 e. The van der Waals surface area contributed by atoms with Gasteiger partial charge in [-0.2, -0.15) is 11.8 Å². The Hall–Kier alpha value is -1.91. The molecule has 1 aromatic carbocycles. The topological polar surface area (TPSA) is 91.0 Å². The Morgan fingerprint density at radius 1 is 1.05 bits per heavy atom. The number of nitrogens with one attached hydrogen (secondary N) is 2. The summed E-state index contributed by atoms with van der Waals surface area (Å²) in [4.78, 5) is 44.6. The van der Waals surface area contributed by atoms with Crippen LogP contribution in [0.4, 0.5) is 4.79 Å². The molecule has 3 aliphatic rings. The fourth-order valence-corrected chi connectivity index (χ4v) is 8.61. The van der Waals surface area contributed by atoms with Gasteiger partial charge >= 0.3 is 6.09 Å². The fraction of sp³-hybridized carbons (Fsp3) is 0.727. The lowest BCUT2D eigenvalue weighted by molar-refractivity contribution is -0.132. The number of ether oxygens (including phenoxy) is 1. The summed E-state index contributed by atoms with van der Waals surface area (Å²) in [6.45, 7) is 12.2. The van der Waals surface area contributed by atoms with Crippen LogP contribution in [0, 0.1) is 5.92 Å². The highest BCUT2D eigenvalue weighted by molar-refractivity contribution is 8.01. The summed E-state index contributed by atoms with van der Waals surface area (Å²) in [5.41, 5.74) is 0.640. The molecule has 2 aliphatic heterocycles. The monoisotopic (exact) mass is 632 g/mol. The summed E-state index contributed by atoms with van der Waals surface area (Å²) in [6, 6.07) is 9.18. The number of thioether (sulfide) groups is 2. The highest BCUT2D eigenvalue weighted by Gasteiger charge is 2.49. The van der Waals surface area contributed by atoms with Crippen LogP contribution < -0.4 is 10.6 Å². The van der Waals surface area contributed by atoms with Gasteiger partial charge in [-0.25, -0.2) is 4.79 Å². The third kappa shape index (κ3) is 10.3. The van der Waals surface area contributed by atoms with Crippen molar-refractivity contribution in [3.05, 3.63) is 35.9 Å². The third-order valence-corrected chi connectivity index (χ3v) is 11.3. The Morgan fingerprint density at radius 3 is 2.37 bits per heavy atom. The summed E-state index contributed by atoms with van der Waals surface area (Å²) in [5, 5.41) is 6.36. The smallest absolute Gasteiger partial charge is 0.411 e. The Labute approximate surface area is 267 Å². The predicted octanol–water partition coefficient (Wildman–Crippen LogP) is 5.65. The van der Waals surface area contributed by atoms with Crippen LogP contribution in [-0.2, 0) is 20.9 Å². The van der Waals surface area contributed by atoms with E-state index in [-0.39, 0.29) is 17.9 Å². The molecule has 2 heterocycles. The lowest BCUT2D eigenvalue weighted by Crippen LogP contribution is -2.59.